The van der Waals surface area contributed by atoms with Gasteiger partial charge in [-0.3, -0.25) is 9.48 Å². The molecule has 0 saturated heterocycles. The van der Waals surface area contributed by atoms with Crippen LogP contribution in [0.15, 0.2) is 30.5 Å². The van der Waals surface area contributed by atoms with Crippen LogP contribution < -0.4 is 5.32 Å². The van der Waals surface area contributed by atoms with E-state index in [0.29, 0.717) is 11.6 Å². The maximum absolute atomic E-state index is 11.9. The van der Waals surface area contributed by atoms with Crippen LogP contribution in [-0.4, -0.2) is 20.8 Å². The highest BCUT2D eigenvalue weighted by molar-refractivity contribution is 6.33. The van der Waals surface area contributed by atoms with Gasteiger partial charge in [-0.1, -0.05) is 11.6 Å². The number of aryl methyl sites for hydroxylation is 1. The third kappa shape index (κ3) is 2.62. The number of halogens is 1. The van der Waals surface area contributed by atoms with Crippen LogP contribution in [0.2, 0.25) is 5.02 Å². The van der Waals surface area contributed by atoms with Crippen molar-refractivity contribution in [2.75, 3.05) is 0 Å². The third-order valence-corrected chi connectivity index (χ3v) is 2.88. The average Bonchev–Trinajstić information content (AvgIpc) is 2.75. The second kappa shape index (κ2) is 5.10. The summed E-state index contributed by atoms with van der Waals surface area (Å²) in [6.07, 6.45) is 1.66. The summed E-state index contributed by atoms with van der Waals surface area (Å²) < 4.78 is 1.67. The molecule has 2 rings (SSSR count). The van der Waals surface area contributed by atoms with Crippen LogP contribution in [0.25, 0.3) is 0 Å². The fourth-order valence-corrected chi connectivity index (χ4v) is 1.73. The SMILES string of the molecule is Cn1nccc1CNC(=O)c1cc(O)ccc1Cl. The standard InChI is InChI=1S/C12H12ClN3O2/c1-16-8(4-5-15-16)7-14-12(18)10-6-9(17)2-3-11(10)13/h2-6,17H,7H2,1H3,(H,14,18). The molecule has 1 aromatic heterocycles. The fourth-order valence-electron chi connectivity index (χ4n) is 1.53. The summed E-state index contributed by atoms with van der Waals surface area (Å²) in [5.41, 5.74) is 1.12. The molecule has 5 nitrogen and oxygen atoms in total. The minimum atomic E-state index is -0.336. The summed E-state index contributed by atoms with van der Waals surface area (Å²) in [6.45, 7) is 0.349. The number of carbonyl (C=O) groups excluding carboxylic acids is 1. The Kier molecular flexibility index (Phi) is 3.53. The van der Waals surface area contributed by atoms with Gasteiger partial charge in [0.05, 0.1) is 22.8 Å². The summed E-state index contributed by atoms with van der Waals surface area (Å²) in [5.74, 6) is -0.331. The smallest absolute Gasteiger partial charge is 0.253 e. The van der Waals surface area contributed by atoms with Crippen molar-refractivity contribution >= 4 is 17.5 Å². The highest BCUT2D eigenvalue weighted by atomic mass is 35.5. The van der Waals surface area contributed by atoms with E-state index in [1.54, 1.807) is 17.9 Å². The maximum atomic E-state index is 11.9. The third-order valence-electron chi connectivity index (χ3n) is 2.55. The Balaban J connectivity index is 2.08. The molecule has 94 valence electrons. The van der Waals surface area contributed by atoms with Gasteiger partial charge in [-0.25, -0.2) is 0 Å². The number of amides is 1. The van der Waals surface area contributed by atoms with Gasteiger partial charge < -0.3 is 10.4 Å². The lowest BCUT2D eigenvalue weighted by Crippen LogP contribution is -2.24. The van der Waals surface area contributed by atoms with Gasteiger partial charge in [-0.15, -0.1) is 0 Å². The first-order valence-electron chi connectivity index (χ1n) is 5.31. The van der Waals surface area contributed by atoms with Gasteiger partial charge in [-0.2, -0.15) is 5.10 Å². The number of nitrogens with one attached hydrogen (secondary N) is 1. The molecule has 0 bridgehead atoms. The molecule has 0 radical (unpaired) electrons. The summed E-state index contributed by atoms with van der Waals surface area (Å²) in [4.78, 5) is 11.9. The molecule has 0 fully saturated rings. The van der Waals surface area contributed by atoms with E-state index in [-0.39, 0.29) is 17.2 Å². The van der Waals surface area contributed by atoms with Crippen LogP contribution in [0, 0.1) is 0 Å². The number of hydrogen-bond donors (Lipinski definition) is 2. The van der Waals surface area contributed by atoms with E-state index >= 15 is 0 Å². The Labute approximate surface area is 109 Å². The first kappa shape index (κ1) is 12.4. The van der Waals surface area contributed by atoms with E-state index in [2.05, 4.69) is 10.4 Å². The lowest BCUT2D eigenvalue weighted by atomic mass is 10.2. The predicted octanol–water partition coefficient (Wildman–Crippen LogP) is 1.71. The molecule has 0 spiro atoms. The zero-order valence-electron chi connectivity index (χ0n) is 9.72. The van der Waals surface area contributed by atoms with Crippen LogP contribution in [-0.2, 0) is 13.6 Å². The van der Waals surface area contributed by atoms with Gasteiger partial charge in [0.1, 0.15) is 5.75 Å². The number of nitrogens with zero attached hydrogens (tertiary/aromatic N) is 2. The van der Waals surface area contributed by atoms with Gasteiger partial charge in [-0.05, 0) is 24.3 Å². The summed E-state index contributed by atoms with van der Waals surface area (Å²) in [7, 11) is 1.79. The Morgan fingerprint density at radius 2 is 2.28 bits per heavy atom. The second-order valence-corrected chi connectivity index (χ2v) is 4.20. The van der Waals surface area contributed by atoms with Gasteiger partial charge in [0.25, 0.3) is 5.91 Å². The van der Waals surface area contributed by atoms with Crippen molar-refractivity contribution < 1.29 is 9.90 Å². The molecule has 1 amide bonds. The zero-order valence-corrected chi connectivity index (χ0v) is 10.5. The quantitative estimate of drug-likeness (QED) is 0.888. The first-order chi connectivity index (χ1) is 8.58. The molecule has 0 aliphatic carbocycles. The Morgan fingerprint density at radius 3 is 2.94 bits per heavy atom. The number of rotatable bonds is 3. The molecule has 1 aromatic carbocycles. The van der Waals surface area contributed by atoms with E-state index in [9.17, 15) is 9.90 Å². The lowest BCUT2D eigenvalue weighted by molar-refractivity contribution is 0.0950. The summed E-state index contributed by atoms with van der Waals surface area (Å²) >= 11 is 5.89. The Morgan fingerprint density at radius 1 is 1.50 bits per heavy atom. The van der Waals surface area contributed by atoms with Crippen molar-refractivity contribution in [3.8, 4) is 5.75 Å². The number of aromatic hydroxyl groups is 1. The molecule has 0 atom stereocenters. The van der Waals surface area contributed by atoms with E-state index in [4.69, 9.17) is 11.6 Å². The molecule has 2 N–H and O–H groups in total. The number of benzene rings is 1. The number of aromatic nitrogens is 2. The van der Waals surface area contributed by atoms with Gasteiger partial charge in [0.2, 0.25) is 0 Å². The molecule has 0 unspecified atom stereocenters. The van der Waals surface area contributed by atoms with Crippen LogP contribution in [0.3, 0.4) is 0 Å². The summed E-state index contributed by atoms with van der Waals surface area (Å²) in [5, 5.41) is 16.3. The van der Waals surface area contributed by atoms with Gasteiger partial charge in [0, 0.05) is 13.2 Å². The molecular weight excluding hydrogens is 254 g/mol. The summed E-state index contributed by atoms with van der Waals surface area (Å²) in [6, 6.07) is 6.06. The normalized spacial score (nSPS) is 10.3. The molecule has 0 aliphatic rings. The Bertz CT molecular complexity index is 580. The number of phenolic OH excluding ortho intramolecular Hbond substituents is 1. The largest absolute Gasteiger partial charge is 0.508 e. The topological polar surface area (TPSA) is 67.2 Å². The van der Waals surface area contributed by atoms with Crippen LogP contribution in [0.4, 0.5) is 0 Å². The molecule has 0 aliphatic heterocycles. The molecule has 2 aromatic rings. The van der Waals surface area contributed by atoms with Gasteiger partial charge >= 0.3 is 0 Å². The van der Waals surface area contributed by atoms with Gasteiger partial charge in [0.15, 0.2) is 0 Å². The van der Waals surface area contributed by atoms with Crippen molar-refractivity contribution in [2.24, 2.45) is 7.05 Å². The molecule has 18 heavy (non-hydrogen) atoms. The minimum absolute atomic E-state index is 0.00471. The number of phenols is 1. The van der Waals surface area contributed by atoms with Crippen LogP contribution in [0.1, 0.15) is 16.1 Å². The molecule has 6 heteroatoms. The van der Waals surface area contributed by atoms with Crippen molar-refractivity contribution in [1.82, 2.24) is 15.1 Å². The maximum Gasteiger partial charge on any atom is 0.253 e. The zero-order chi connectivity index (χ0) is 13.1. The van der Waals surface area contributed by atoms with E-state index in [1.165, 1.54) is 18.2 Å². The average molecular weight is 266 g/mol. The predicted molar refractivity (Wildman–Crippen MR) is 67.5 cm³/mol. The highest BCUT2D eigenvalue weighted by Gasteiger charge is 2.11. The first-order valence-corrected chi connectivity index (χ1v) is 5.69. The second-order valence-electron chi connectivity index (χ2n) is 3.79. The molecule has 0 saturated carbocycles. The van der Waals surface area contributed by atoms with E-state index in [0.717, 1.165) is 5.69 Å². The van der Waals surface area contributed by atoms with E-state index in [1.807, 2.05) is 6.07 Å². The minimum Gasteiger partial charge on any atom is -0.508 e. The fraction of sp³-hybridized carbons (Fsp3) is 0.167. The van der Waals surface area contributed by atoms with Crippen LogP contribution in [0.5, 0.6) is 5.75 Å². The lowest BCUT2D eigenvalue weighted by Gasteiger charge is -2.07. The Hall–Kier alpha value is -2.01. The van der Waals surface area contributed by atoms with Crippen molar-refractivity contribution in [3.05, 3.63) is 46.7 Å². The highest BCUT2D eigenvalue weighted by Crippen LogP contribution is 2.20. The molecule has 1 heterocycles. The number of carbonyl (C=O) groups is 1. The van der Waals surface area contributed by atoms with E-state index < -0.39 is 0 Å². The van der Waals surface area contributed by atoms with Crippen LogP contribution >= 0.6 is 11.6 Å². The molecular formula is C12H12ClN3O2. The van der Waals surface area contributed by atoms with Crippen molar-refractivity contribution in [1.29, 1.82) is 0 Å². The van der Waals surface area contributed by atoms with Crippen molar-refractivity contribution in [3.63, 3.8) is 0 Å². The monoisotopic (exact) mass is 265 g/mol. The van der Waals surface area contributed by atoms with Crippen molar-refractivity contribution in [2.45, 2.75) is 6.54 Å². The number of hydrogen-bond acceptors (Lipinski definition) is 3.